The van der Waals surface area contributed by atoms with Crippen molar-refractivity contribution in [3.05, 3.63) is 52.5 Å². The number of morpholine rings is 1. The van der Waals surface area contributed by atoms with Gasteiger partial charge in [-0.25, -0.2) is 0 Å². The molecule has 1 aliphatic heterocycles. The number of anilines is 2. The molecule has 2 aromatic carbocycles. The number of amides is 1. The molecule has 5 nitrogen and oxygen atoms in total. The highest BCUT2D eigenvalue weighted by Gasteiger charge is 2.11. The number of carbonyl (C=O) groups excluding carboxylic acids is 1. The van der Waals surface area contributed by atoms with Crippen LogP contribution in [0.15, 0.2) is 46.9 Å². The van der Waals surface area contributed by atoms with E-state index in [9.17, 15) is 4.79 Å². The lowest BCUT2D eigenvalue weighted by Crippen LogP contribution is -2.36. The molecule has 3 rings (SSSR count). The van der Waals surface area contributed by atoms with Crippen LogP contribution in [0.3, 0.4) is 0 Å². The average molecular weight is 419 g/mol. The quantitative estimate of drug-likeness (QED) is 0.773. The molecule has 1 saturated heterocycles. The maximum absolute atomic E-state index is 12.2. The highest BCUT2D eigenvalue weighted by atomic mass is 79.9. The summed E-state index contributed by atoms with van der Waals surface area (Å²) >= 11 is 3.45. The molecule has 1 amide bonds. The third-order valence-electron chi connectivity index (χ3n) is 4.29. The Bertz CT molecular complexity index is 743. The van der Waals surface area contributed by atoms with E-state index in [1.54, 1.807) is 0 Å². The Kier molecular flexibility index (Phi) is 6.52. The van der Waals surface area contributed by atoms with Gasteiger partial charge in [0, 0.05) is 28.9 Å². The first-order chi connectivity index (χ1) is 12.7. The summed E-state index contributed by atoms with van der Waals surface area (Å²) in [6.07, 6.45) is 0.847. The Labute approximate surface area is 162 Å². The van der Waals surface area contributed by atoms with E-state index in [2.05, 4.69) is 33.1 Å². The molecule has 1 heterocycles. The molecule has 1 fully saturated rings. The summed E-state index contributed by atoms with van der Waals surface area (Å²) in [4.78, 5) is 14.4. The van der Waals surface area contributed by atoms with Crippen molar-refractivity contribution in [3.63, 3.8) is 0 Å². The monoisotopic (exact) mass is 418 g/mol. The Morgan fingerprint density at radius 3 is 2.62 bits per heavy atom. The van der Waals surface area contributed by atoms with Gasteiger partial charge in [-0.1, -0.05) is 22.9 Å². The number of nitrogens with zero attached hydrogens (tertiary/aromatic N) is 1. The zero-order valence-corrected chi connectivity index (χ0v) is 16.4. The minimum atomic E-state index is -0.172. The van der Waals surface area contributed by atoms with Gasteiger partial charge in [0.05, 0.1) is 13.2 Å². The van der Waals surface area contributed by atoms with Crippen LogP contribution in [0.1, 0.15) is 12.5 Å². The lowest BCUT2D eigenvalue weighted by Gasteiger charge is -2.28. The van der Waals surface area contributed by atoms with Gasteiger partial charge in [0.15, 0.2) is 6.61 Å². The summed E-state index contributed by atoms with van der Waals surface area (Å²) in [7, 11) is 0. The van der Waals surface area contributed by atoms with E-state index < -0.39 is 0 Å². The molecule has 0 saturated carbocycles. The summed E-state index contributed by atoms with van der Waals surface area (Å²) < 4.78 is 12.1. The van der Waals surface area contributed by atoms with E-state index in [-0.39, 0.29) is 12.5 Å². The van der Waals surface area contributed by atoms with Gasteiger partial charge in [0.2, 0.25) is 0 Å². The maximum Gasteiger partial charge on any atom is 0.262 e. The molecular weight excluding hydrogens is 396 g/mol. The van der Waals surface area contributed by atoms with Crippen LogP contribution in [0.2, 0.25) is 0 Å². The average Bonchev–Trinajstić information content (AvgIpc) is 2.68. The number of rotatable bonds is 6. The van der Waals surface area contributed by atoms with Crippen molar-refractivity contribution < 1.29 is 14.3 Å². The molecule has 0 aromatic heterocycles. The van der Waals surface area contributed by atoms with Gasteiger partial charge in [-0.3, -0.25) is 4.79 Å². The first-order valence-corrected chi connectivity index (χ1v) is 9.59. The predicted octanol–water partition coefficient (Wildman–Crippen LogP) is 3.87. The Morgan fingerprint density at radius 2 is 1.92 bits per heavy atom. The summed E-state index contributed by atoms with van der Waals surface area (Å²) in [5.74, 6) is 0.572. The Morgan fingerprint density at radius 1 is 1.19 bits per heavy atom. The molecule has 0 aliphatic carbocycles. The highest BCUT2D eigenvalue weighted by molar-refractivity contribution is 9.10. The number of halogens is 1. The second-order valence-electron chi connectivity index (χ2n) is 6.09. The molecule has 0 radical (unpaired) electrons. The number of hydrogen-bond acceptors (Lipinski definition) is 4. The van der Waals surface area contributed by atoms with Crippen LogP contribution in [0.5, 0.6) is 5.75 Å². The third kappa shape index (κ3) is 4.99. The number of hydrogen-bond donors (Lipinski definition) is 1. The fraction of sp³-hybridized carbons (Fsp3) is 0.350. The summed E-state index contributed by atoms with van der Waals surface area (Å²) in [5, 5.41) is 2.87. The van der Waals surface area contributed by atoms with Gasteiger partial charge in [-0.15, -0.1) is 0 Å². The zero-order chi connectivity index (χ0) is 18.4. The first-order valence-electron chi connectivity index (χ1n) is 8.79. The van der Waals surface area contributed by atoms with E-state index in [4.69, 9.17) is 9.47 Å². The summed E-state index contributed by atoms with van der Waals surface area (Å²) in [5.41, 5.74) is 2.98. The van der Waals surface area contributed by atoms with Crippen molar-refractivity contribution in [3.8, 4) is 5.75 Å². The van der Waals surface area contributed by atoms with Gasteiger partial charge in [0.25, 0.3) is 5.91 Å². The Balaban J connectivity index is 1.53. The minimum absolute atomic E-state index is 0.0140. The summed E-state index contributed by atoms with van der Waals surface area (Å²) in [6.45, 7) is 5.35. The van der Waals surface area contributed by atoms with Crippen molar-refractivity contribution in [1.82, 2.24) is 0 Å². The lowest BCUT2D eigenvalue weighted by molar-refractivity contribution is -0.118. The predicted molar refractivity (Wildman–Crippen MR) is 107 cm³/mol. The topological polar surface area (TPSA) is 50.8 Å². The van der Waals surface area contributed by atoms with Crippen LogP contribution in [-0.4, -0.2) is 38.8 Å². The zero-order valence-electron chi connectivity index (χ0n) is 14.8. The molecule has 0 unspecified atom stereocenters. The number of ether oxygens (including phenoxy) is 2. The molecule has 26 heavy (non-hydrogen) atoms. The molecule has 0 atom stereocenters. The van der Waals surface area contributed by atoms with E-state index >= 15 is 0 Å². The van der Waals surface area contributed by atoms with E-state index in [1.165, 1.54) is 0 Å². The van der Waals surface area contributed by atoms with Gasteiger partial charge >= 0.3 is 0 Å². The van der Waals surface area contributed by atoms with Crippen molar-refractivity contribution in [2.45, 2.75) is 13.3 Å². The normalized spacial score (nSPS) is 14.2. The van der Waals surface area contributed by atoms with Crippen LogP contribution in [-0.2, 0) is 16.0 Å². The molecular formula is C20H23BrN2O3. The SMILES string of the molecule is CCc1cc(Br)ccc1OCC(=O)Nc1ccc(N2CCOCC2)cc1. The minimum Gasteiger partial charge on any atom is -0.483 e. The summed E-state index contributed by atoms with van der Waals surface area (Å²) in [6, 6.07) is 13.7. The third-order valence-corrected chi connectivity index (χ3v) is 4.78. The maximum atomic E-state index is 12.2. The van der Waals surface area contributed by atoms with E-state index in [1.807, 2.05) is 42.5 Å². The molecule has 2 aromatic rings. The van der Waals surface area contributed by atoms with Gasteiger partial charge in [0.1, 0.15) is 5.75 Å². The molecule has 0 bridgehead atoms. The lowest BCUT2D eigenvalue weighted by atomic mass is 10.1. The van der Waals surface area contributed by atoms with E-state index in [0.29, 0.717) is 0 Å². The number of carbonyl (C=O) groups is 1. The first kappa shape index (κ1) is 18.7. The van der Waals surface area contributed by atoms with Crippen molar-refractivity contribution in [2.24, 2.45) is 0 Å². The largest absolute Gasteiger partial charge is 0.483 e. The number of benzene rings is 2. The number of aryl methyl sites for hydroxylation is 1. The fourth-order valence-corrected chi connectivity index (χ4v) is 3.29. The van der Waals surface area contributed by atoms with Gasteiger partial charge < -0.3 is 19.7 Å². The number of nitrogens with one attached hydrogen (secondary N) is 1. The Hall–Kier alpha value is -2.05. The molecule has 138 valence electrons. The molecule has 6 heteroatoms. The van der Waals surface area contributed by atoms with Crippen molar-refractivity contribution in [2.75, 3.05) is 43.1 Å². The highest BCUT2D eigenvalue weighted by Crippen LogP contribution is 2.24. The fourth-order valence-electron chi connectivity index (χ4n) is 2.88. The van der Waals surface area contributed by atoms with Crippen molar-refractivity contribution in [1.29, 1.82) is 0 Å². The second kappa shape index (κ2) is 9.05. The van der Waals surface area contributed by atoms with E-state index in [0.717, 1.165) is 59.9 Å². The van der Waals surface area contributed by atoms with Crippen LogP contribution in [0, 0.1) is 0 Å². The van der Waals surface area contributed by atoms with Crippen LogP contribution < -0.4 is 15.0 Å². The van der Waals surface area contributed by atoms with Crippen LogP contribution in [0.25, 0.3) is 0 Å². The van der Waals surface area contributed by atoms with Gasteiger partial charge in [-0.05, 0) is 54.4 Å². The molecule has 1 aliphatic rings. The standard InChI is InChI=1S/C20H23BrN2O3/c1-2-15-13-16(21)3-8-19(15)26-14-20(24)22-17-4-6-18(7-5-17)23-9-11-25-12-10-23/h3-8,13H,2,9-12,14H2,1H3,(H,22,24). The smallest absolute Gasteiger partial charge is 0.262 e. The van der Waals surface area contributed by atoms with Crippen molar-refractivity contribution >= 4 is 33.2 Å². The second-order valence-corrected chi connectivity index (χ2v) is 7.00. The van der Waals surface area contributed by atoms with Gasteiger partial charge in [-0.2, -0.15) is 0 Å². The molecule has 1 N–H and O–H groups in total. The molecule has 0 spiro atoms. The van der Waals surface area contributed by atoms with Crippen LogP contribution >= 0.6 is 15.9 Å². The van der Waals surface area contributed by atoms with Crippen LogP contribution in [0.4, 0.5) is 11.4 Å².